The molecular formula is C17H22N2O3. The van der Waals surface area contributed by atoms with E-state index >= 15 is 0 Å². The van der Waals surface area contributed by atoms with Gasteiger partial charge in [0, 0.05) is 18.0 Å². The maximum absolute atomic E-state index is 12.7. The largest absolute Gasteiger partial charge is 0.323 e. The summed E-state index contributed by atoms with van der Waals surface area (Å²) < 4.78 is 0. The van der Waals surface area contributed by atoms with E-state index in [2.05, 4.69) is 0 Å². The third-order valence-corrected chi connectivity index (χ3v) is 3.99. The van der Waals surface area contributed by atoms with E-state index in [9.17, 15) is 14.4 Å². The second kappa shape index (κ2) is 5.55. The number of carbonyl (C=O) groups excluding carboxylic acids is 3. The standard InChI is InChI=1S/C17H22N2O3/c1-11-14(21)18(5)16(17(2,3)4)19(11)15(22)13(20)12-9-7-6-8-10-12/h6-11,16H,1-5H3/t11?,16-/m0/s1. The Balaban J connectivity index is 2.38. The van der Waals surface area contributed by atoms with Crippen molar-refractivity contribution in [3.8, 4) is 0 Å². The van der Waals surface area contributed by atoms with E-state index in [-0.39, 0.29) is 11.3 Å². The lowest BCUT2D eigenvalue weighted by molar-refractivity contribution is -0.133. The Morgan fingerprint density at radius 1 is 1.09 bits per heavy atom. The van der Waals surface area contributed by atoms with Crippen molar-refractivity contribution >= 4 is 17.6 Å². The van der Waals surface area contributed by atoms with Crippen LogP contribution < -0.4 is 0 Å². The Bertz CT molecular complexity index is 604. The second-order valence-electron chi connectivity index (χ2n) is 6.77. The van der Waals surface area contributed by atoms with E-state index in [1.807, 2.05) is 20.8 Å². The van der Waals surface area contributed by atoms with Gasteiger partial charge in [-0.25, -0.2) is 0 Å². The minimum Gasteiger partial charge on any atom is -0.323 e. The number of likely N-dealkylation sites (N-methyl/N-ethyl adjacent to an activating group) is 1. The normalized spacial score (nSPS) is 22.1. The molecule has 22 heavy (non-hydrogen) atoms. The summed E-state index contributed by atoms with van der Waals surface area (Å²) in [6, 6.07) is 7.81. The van der Waals surface area contributed by atoms with Gasteiger partial charge < -0.3 is 9.80 Å². The first-order valence-corrected chi connectivity index (χ1v) is 7.35. The lowest BCUT2D eigenvalue weighted by Gasteiger charge is -2.38. The molecular weight excluding hydrogens is 280 g/mol. The van der Waals surface area contributed by atoms with E-state index in [0.29, 0.717) is 5.56 Å². The van der Waals surface area contributed by atoms with E-state index in [1.54, 1.807) is 49.2 Å². The summed E-state index contributed by atoms with van der Waals surface area (Å²) in [5.74, 6) is -1.35. The fraction of sp³-hybridized carbons (Fsp3) is 0.471. The Hall–Kier alpha value is -2.17. The zero-order valence-electron chi connectivity index (χ0n) is 13.7. The number of carbonyl (C=O) groups is 3. The number of nitrogens with zero attached hydrogens (tertiary/aromatic N) is 2. The highest BCUT2D eigenvalue weighted by molar-refractivity contribution is 6.43. The summed E-state index contributed by atoms with van der Waals surface area (Å²) in [4.78, 5) is 40.4. The molecule has 1 aromatic rings. The molecule has 2 amide bonds. The first-order chi connectivity index (χ1) is 10.2. The van der Waals surface area contributed by atoms with Crippen LogP contribution in [0.1, 0.15) is 38.1 Å². The lowest BCUT2D eigenvalue weighted by Crippen LogP contribution is -2.52. The maximum atomic E-state index is 12.7. The Kier molecular flexibility index (Phi) is 4.09. The molecule has 0 aliphatic carbocycles. The smallest absolute Gasteiger partial charge is 0.297 e. The monoisotopic (exact) mass is 302 g/mol. The highest BCUT2D eigenvalue weighted by Crippen LogP contribution is 2.34. The van der Waals surface area contributed by atoms with Gasteiger partial charge in [0.2, 0.25) is 11.7 Å². The van der Waals surface area contributed by atoms with Gasteiger partial charge in [-0.15, -0.1) is 0 Å². The molecule has 0 N–H and O–H groups in total. The molecule has 5 nitrogen and oxygen atoms in total. The van der Waals surface area contributed by atoms with Crippen molar-refractivity contribution in [2.24, 2.45) is 5.41 Å². The topological polar surface area (TPSA) is 57.7 Å². The molecule has 5 heteroatoms. The van der Waals surface area contributed by atoms with Gasteiger partial charge in [0.15, 0.2) is 0 Å². The summed E-state index contributed by atoms with van der Waals surface area (Å²) in [6.45, 7) is 7.52. The van der Waals surface area contributed by atoms with Gasteiger partial charge in [-0.05, 0) is 6.92 Å². The van der Waals surface area contributed by atoms with Gasteiger partial charge in [0.25, 0.3) is 5.91 Å². The van der Waals surface area contributed by atoms with Gasteiger partial charge in [-0.1, -0.05) is 51.1 Å². The van der Waals surface area contributed by atoms with Crippen LogP contribution in [-0.4, -0.2) is 46.7 Å². The number of hydrogen-bond donors (Lipinski definition) is 0. The van der Waals surface area contributed by atoms with Crippen molar-refractivity contribution in [3.05, 3.63) is 35.9 Å². The van der Waals surface area contributed by atoms with Gasteiger partial charge in [0.05, 0.1) is 0 Å². The van der Waals surface area contributed by atoms with Crippen LogP contribution in [0.4, 0.5) is 0 Å². The van der Waals surface area contributed by atoms with Crippen LogP contribution in [0.15, 0.2) is 30.3 Å². The summed E-state index contributed by atoms with van der Waals surface area (Å²) in [7, 11) is 1.68. The van der Waals surface area contributed by atoms with E-state index in [1.165, 1.54) is 4.90 Å². The molecule has 0 aromatic heterocycles. The van der Waals surface area contributed by atoms with Crippen LogP contribution in [-0.2, 0) is 9.59 Å². The summed E-state index contributed by atoms with van der Waals surface area (Å²) in [5.41, 5.74) is -0.00344. The predicted molar refractivity (Wildman–Crippen MR) is 83.1 cm³/mol. The molecule has 1 aliphatic heterocycles. The fourth-order valence-corrected chi connectivity index (χ4v) is 3.05. The first-order valence-electron chi connectivity index (χ1n) is 7.35. The average Bonchev–Trinajstić information content (AvgIpc) is 2.70. The van der Waals surface area contributed by atoms with Crippen molar-refractivity contribution in [1.82, 2.24) is 9.80 Å². The van der Waals surface area contributed by atoms with Crippen molar-refractivity contribution in [3.63, 3.8) is 0 Å². The predicted octanol–water partition coefficient (Wildman–Crippen LogP) is 1.93. The van der Waals surface area contributed by atoms with Gasteiger partial charge in [0.1, 0.15) is 12.2 Å². The molecule has 1 aromatic carbocycles. The van der Waals surface area contributed by atoms with Gasteiger partial charge in [-0.3, -0.25) is 14.4 Å². The molecule has 1 fully saturated rings. The highest BCUT2D eigenvalue weighted by Gasteiger charge is 2.50. The van der Waals surface area contributed by atoms with Crippen molar-refractivity contribution in [1.29, 1.82) is 0 Å². The van der Waals surface area contributed by atoms with Crippen molar-refractivity contribution < 1.29 is 14.4 Å². The molecule has 1 aliphatic rings. The third kappa shape index (κ3) is 2.63. The molecule has 1 saturated heterocycles. The Morgan fingerprint density at radius 2 is 1.64 bits per heavy atom. The Morgan fingerprint density at radius 3 is 2.14 bits per heavy atom. The lowest BCUT2D eigenvalue weighted by atomic mass is 9.90. The zero-order valence-corrected chi connectivity index (χ0v) is 13.7. The van der Waals surface area contributed by atoms with Crippen LogP contribution >= 0.6 is 0 Å². The summed E-state index contributed by atoms with van der Waals surface area (Å²) in [5, 5.41) is 0. The maximum Gasteiger partial charge on any atom is 0.297 e. The van der Waals surface area contributed by atoms with Crippen molar-refractivity contribution in [2.45, 2.75) is 39.9 Å². The third-order valence-electron chi connectivity index (χ3n) is 3.99. The molecule has 2 rings (SSSR count). The molecule has 0 spiro atoms. The molecule has 1 heterocycles. The van der Waals surface area contributed by atoms with Crippen LogP contribution in [0.3, 0.4) is 0 Å². The second-order valence-corrected chi connectivity index (χ2v) is 6.77. The average molecular weight is 302 g/mol. The summed E-state index contributed by atoms with van der Waals surface area (Å²) in [6.07, 6.45) is -0.435. The first kappa shape index (κ1) is 16.2. The molecule has 0 radical (unpaired) electrons. The summed E-state index contributed by atoms with van der Waals surface area (Å²) >= 11 is 0. The number of ketones is 1. The zero-order chi connectivity index (χ0) is 16.7. The van der Waals surface area contributed by atoms with Gasteiger partial charge in [-0.2, -0.15) is 0 Å². The molecule has 1 unspecified atom stereocenters. The van der Waals surface area contributed by atoms with Crippen LogP contribution in [0, 0.1) is 5.41 Å². The van der Waals surface area contributed by atoms with Gasteiger partial charge >= 0.3 is 0 Å². The van der Waals surface area contributed by atoms with Crippen LogP contribution in [0.25, 0.3) is 0 Å². The van der Waals surface area contributed by atoms with Crippen LogP contribution in [0.2, 0.25) is 0 Å². The van der Waals surface area contributed by atoms with E-state index in [4.69, 9.17) is 0 Å². The molecule has 2 atom stereocenters. The number of hydrogen-bond acceptors (Lipinski definition) is 3. The van der Waals surface area contributed by atoms with Crippen molar-refractivity contribution in [2.75, 3.05) is 7.05 Å². The molecule has 118 valence electrons. The number of rotatable bonds is 2. The SMILES string of the molecule is CC1C(=O)N(C)[C@H](C(C)(C)C)N1C(=O)C(=O)c1ccccc1. The van der Waals surface area contributed by atoms with E-state index in [0.717, 1.165) is 0 Å². The van der Waals surface area contributed by atoms with Crippen LogP contribution in [0.5, 0.6) is 0 Å². The molecule has 0 bridgehead atoms. The minimum absolute atomic E-state index is 0.144. The number of benzene rings is 1. The Labute approximate surface area is 130 Å². The number of Topliss-reactive ketones (excluding diaryl/α,β-unsaturated/α-hetero) is 1. The number of amides is 2. The fourth-order valence-electron chi connectivity index (χ4n) is 3.05. The van der Waals surface area contributed by atoms with E-state index < -0.39 is 23.9 Å². The molecule has 0 saturated carbocycles. The minimum atomic E-state index is -0.630. The highest BCUT2D eigenvalue weighted by atomic mass is 16.2. The quantitative estimate of drug-likeness (QED) is 0.619.